The van der Waals surface area contributed by atoms with Gasteiger partial charge in [0.25, 0.3) is 0 Å². The molecule has 8 heteroatoms. The maximum Gasteiger partial charge on any atom is 0.131 e. The topological polar surface area (TPSA) is 60.2 Å². The molecule has 1 aliphatic rings. The predicted molar refractivity (Wildman–Crippen MR) is 114 cm³/mol. The summed E-state index contributed by atoms with van der Waals surface area (Å²) < 4.78 is 7.92. The van der Waals surface area contributed by atoms with Crippen molar-refractivity contribution < 1.29 is 4.74 Å². The van der Waals surface area contributed by atoms with Crippen LogP contribution >= 0.6 is 50.2 Å². The van der Waals surface area contributed by atoms with Gasteiger partial charge in [-0.1, -0.05) is 29.8 Å². The summed E-state index contributed by atoms with van der Waals surface area (Å²) in [5.74, 6) is 0. The number of nitrogens with one attached hydrogen (secondary N) is 1. The van der Waals surface area contributed by atoms with E-state index in [4.69, 9.17) is 22.1 Å². The fourth-order valence-electron chi connectivity index (χ4n) is 3.04. The van der Waals surface area contributed by atoms with Gasteiger partial charge in [-0.25, -0.2) is 4.98 Å². The fourth-order valence-corrected chi connectivity index (χ4v) is 6.01. The van der Waals surface area contributed by atoms with Crippen LogP contribution in [0, 0.1) is 0 Å². The Hall–Kier alpha value is -0.960. The Bertz CT molecular complexity index is 957. The zero-order chi connectivity index (χ0) is 18.3. The third kappa shape index (κ3) is 3.56. The summed E-state index contributed by atoms with van der Waals surface area (Å²) in [6.45, 7) is 5.27. The third-order valence-electron chi connectivity index (χ3n) is 4.25. The van der Waals surface area contributed by atoms with Gasteiger partial charge in [0.1, 0.15) is 11.3 Å². The number of pyridine rings is 1. The summed E-state index contributed by atoms with van der Waals surface area (Å²) in [6, 6.07) is 5.91. The Morgan fingerprint density at radius 1 is 1.50 bits per heavy atom. The van der Waals surface area contributed by atoms with Crippen molar-refractivity contribution in [3.8, 4) is 0 Å². The van der Waals surface area contributed by atoms with Crippen molar-refractivity contribution in [1.82, 2.24) is 4.98 Å². The molecule has 0 amide bonds. The molecule has 0 radical (unpaired) electrons. The quantitative estimate of drug-likeness (QED) is 0.377. The van der Waals surface area contributed by atoms with Gasteiger partial charge in [-0.3, -0.25) is 0 Å². The standard InChI is InChI=1S/C18H17BrClN3OS2/c1-9-5-11(21)16(24-8-9)18-14(19)15-17(26-18)12(6-13(20)23-15)22-7-10-3-2-4-25-10/h2-4,6,11,16H,1,5,7-8,21H2,(H,22,23)/t11-,16-/m0/s1. The van der Waals surface area contributed by atoms with Gasteiger partial charge in [0.15, 0.2) is 0 Å². The number of ether oxygens (including phenoxy) is 1. The summed E-state index contributed by atoms with van der Waals surface area (Å²) in [5.41, 5.74) is 9.17. The highest BCUT2D eigenvalue weighted by atomic mass is 79.9. The monoisotopic (exact) mass is 469 g/mol. The molecule has 3 aromatic heterocycles. The third-order valence-corrected chi connectivity index (χ3v) is 7.66. The highest BCUT2D eigenvalue weighted by molar-refractivity contribution is 9.10. The van der Waals surface area contributed by atoms with E-state index in [0.29, 0.717) is 11.8 Å². The molecule has 0 unspecified atom stereocenters. The van der Waals surface area contributed by atoms with E-state index in [2.05, 4.69) is 44.3 Å². The second-order valence-electron chi connectivity index (χ2n) is 6.23. The number of hydrogen-bond donors (Lipinski definition) is 2. The van der Waals surface area contributed by atoms with Crippen LogP contribution in [0.4, 0.5) is 5.69 Å². The average molecular weight is 471 g/mol. The number of aromatic nitrogens is 1. The van der Waals surface area contributed by atoms with Crippen molar-refractivity contribution in [2.24, 2.45) is 5.73 Å². The van der Waals surface area contributed by atoms with E-state index >= 15 is 0 Å². The molecule has 0 bridgehead atoms. The molecule has 26 heavy (non-hydrogen) atoms. The van der Waals surface area contributed by atoms with E-state index in [9.17, 15) is 0 Å². The molecule has 1 saturated heterocycles. The Balaban J connectivity index is 1.71. The van der Waals surface area contributed by atoms with E-state index in [-0.39, 0.29) is 12.1 Å². The first-order chi connectivity index (χ1) is 12.5. The van der Waals surface area contributed by atoms with Gasteiger partial charge in [0.2, 0.25) is 0 Å². The molecule has 0 aliphatic carbocycles. The Labute approximate surface area is 173 Å². The van der Waals surface area contributed by atoms with Crippen molar-refractivity contribution in [2.45, 2.75) is 25.1 Å². The molecular weight excluding hydrogens is 454 g/mol. The molecule has 2 atom stereocenters. The lowest BCUT2D eigenvalue weighted by Crippen LogP contribution is -2.35. The first kappa shape index (κ1) is 18.4. The minimum atomic E-state index is -0.169. The fraction of sp³-hybridized carbons (Fsp3) is 0.278. The number of halogens is 2. The molecule has 136 valence electrons. The van der Waals surface area contributed by atoms with Crippen molar-refractivity contribution in [2.75, 3.05) is 11.9 Å². The first-order valence-corrected chi connectivity index (χ1v) is 11.0. The van der Waals surface area contributed by atoms with E-state index in [1.807, 2.05) is 12.1 Å². The molecular formula is C18H17BrClN3OS2. The van der Waals surface area contributed by atoms with Crippen LogP contribution in [-0.4, -0.2) is 17.6 Å². The summed E-state index contributed by atoms with van der Waals surface area (Å²) in [7, 11) is 0. The highest BCUT2D eigenvalue weighted by Gasteiger charge is 2.31. The smallest absolute Gasteiger partial charge is 0.131 e. The van der Waals surface area contributed by atoms with E-state index in [1.165, 1.54) is 4.88 Å². The lowest BCUT2D eigenvalue weighted by atomic mass is 9.99. The Kier molecular flexibility index (Phi) is 5.36. The summed E-state index contributed by atoms with van der Waals surface area (Å²) in [5, 5.41) is 6.01. The van der Waals surface area contributed by atoms with Gasteiger partial charge < -0.3 is 15.8 Å². The van der Waals surface area contributed by atoms with Crippen LogP contribution in [0.1, 0.15) is 22.3 Å². The second-order valence-corrected chi connectivity index (χ2v) is 9.50. The van der Waals surface area contributed by atoms with Crippen LogP contribution in [0.2, 0.25) is 5.15 Å². The van der Waals surface area contributed by atoms with Crippen LogP contribution in [0.25, 0.3) is 10.2 Å². The molecule has 3 aromatic rings. The number of nitrogens with two attached hydrogens (primary N) is 1. The van der Waals surface area contributed by atoms with Gasteiger partial charge in [0, 0.05) is 23.5 Å². The highest BCUT2D eigenvalue weighted by Crippen LogP contribution is 2.45. The Morgan fingerprint density at radius 3 is 3.08 bits per heavy atom. The van der Waals surface area contributed by atoms with Crippen molar-refractivity contribution in [3.63, 3.8) is 0 Å². The van der Waals surface area contributed by atoms with E-state index < -0.39 is 0 Å². The minimum absolute atomic E-state index is 0.112. The predicted octanol–water partition coefficient (Wildman–Crippen LogP) is 5.73. The van der Waals surface area contributed by atoms with E-state index in [0.717, 1.165) is 43.8 Å². The van der Waals surface area contributed by atoms with Crippen LogP contribution in [0.15, 0.2) is 40.2 Å². The number of rotatable bonds is 4. The number of nitrogens with zero attached hydrogens (tertiary/aromatic N) is 1. The van der Waals surface area contributed by atoms with Crippen LogP contribution in [0.5, 0.6) is 0 Å². The number of thiophene rings is 2. The molecule has 3 N–H and O–H groups in total. The maximum atomic E-state index is 6.32. The summed E-state index contributed by atoms with van der Waals surface area (Å²) >= 11 is 13.3. The van der Waals surface area contributed by atoms with Gasteiger partial charge in [-0.05, 0) is 33.8 Å². The van der Waals surface area contributed by atoms with Gasteiger partial charge in [0.05, 0.1) is 31.9 Å². The second kappa shape index (κ2) is 7.58. The normalized spacial score (nSPS) is 20.7. The maximum absolute atomic E-state index is 6.32. The minimum Gasteiger partial charge on any atom is -0.379 e. The number of anilines is 1. The van der Waals surface area contributed by atoms with Crippen LogP contribution < -0.4 is 11.1 Å². The zero-order valence-corrected chi connectivity index (χ0v) is 17.8. The summed E-state index contributed by atoms with van der Waals surface area (Å²) in [6.07, 6.45) is 0.598. The van der Waals surface area contributed by atoms with Gasteiger partial charge in [-0.2, -0.15) is 0 Å². The van der Waals surface area contributed by atoms with Crippen molar-refractivity contribution >= 4 is 66.1 Å². The van der Waals surface area contributed by atoms with Crippen LogP contribution in [-0.2, 0) is 11.3 Å². The van der Waals surface area contributed by atoms with Gasteiger partial charge >= 0.3 is 0 Å². The molecule has 1 fully saturated rings. The SMILES string of the molecule is C=C1CO[C@H](c2sc3c(NCc4cccs4)cc(Cl)nc3c2Br)[C@@H](N)C1. The first-order valence-electron chi connectivity index (χ1n) is 8.11. The van der Waals surface area contributed by atoms with Crippen LogP contribution in [0.3, 0.4) is 0 Å². The lowest BCUT2D eigenvalue weighted by molar-refractivity contribution is 0.0291. The zero-order valence-electron chi connectivity index (χ0n) is 13.8. The lowest BCUT2D eigenvalue weighted by Gasteiger charge is -2.29. The number of fused-ring (bicyclic) bond motifs is 1. The van der Waals surface area contributed by atoms with Gasteiger partial charge in [-0.15, -0.1) is 22.7 Å². The van der Waals surface area contributed by atoms with Crippen molar-refractivity contribution in [3.05, 3.63) is 55.1 Å². The van der Waals surface area contributed by atoms with E-state index in [1.54, 1.807) is 22.7 Å². The molecule has 4 rings (SSSR count). The molecule has 0 aromatic carbocycles. The summed E-state index contributed by atoms with van der Waals surface area (Å²) in [4.78, 5) is 6.83. The average Bonchev–Trinajstić information content (AvgIpc) is 3.22. The molecule has 0 saturated carbocycles. The largest absolute Gasteiger partial charge is 0.379 e. The Morgan fingerprint density at radius 2 is 2.35 bits per heavy atom. The number of hydrogen-bond acceptors (Lipinski definition) is 6. The van der Waals surface area contributed by atoms with Crippen molar-refractivity contribution in [1.29, 1.82) is 0 Å². The molecule has 4 nitrogen and oxygen atoms in total. The molecule has 1 aliphatic heterocycles. The molecule has 0 spiro atoms. The molecule has 4 heterocycles.